The largest absolute Gasteiger partial charge is 0.329 e. The average Bonchev–Trinajstić information content (AvgIpc) is 2.73. The fourth-order valence-corrected chi connectivity index (χ4v) is 2.26. The molecule has 0 fully saturated rings. The lowest BCUT2D eigenvalue weighted by molar-refractivity contribution is 0.645. The first-order valence-corrected chi connectivity index (χ1v) is 6.22. The Morgan fingerprint density at radius 1 is 1.10 bits per heavy atom. The van der Waals surface area contributed by atoms with Crippen LogP contribution in [0.15, 0.2) is 39.9 Å². The van der Waals surface area contributed by atoms with E-state index in [1.54, 1.807) is 17.1 Å². The van der Waals surface area contributed by atoms with Gasteiger partial charge in [-0.15, -0.1) is 5.53 Å². The van der Waals surface area contributed by atoms with Crippen LogP contribution in [0.3, 0.4) is 0 Å². The van der Waals surface area contributed by atoms with E-state index in [4.69, 9.17) is 0 Å². The maximum absolute atomic E-state index is 12.1. The number of aromatic amines is 1. The molecule has 2 N–H and O–H groups in total. The highest BCUT2D eigenvalue weighted by atomic mass is 16.2. The van der Waals surface area contributed by atoms with E-state index in [0.717, 1.165) is 10.1 Å². The third-order valence-electron chi connectivity index (χ3n) is 3.32. The summed E-state index contributed by atoms with van der Waals surface area (Å²) in [5.74, 6) is 0.490. The smallest absolute Gasteiger partial charge is 0.290 e. The molecule has 1 aliphatic rings. The number of hydrogen-bond acceptors (Lipinski definition) is 5. The second kappa shape index (κ2) is 4.53. The van der Waals surface area contributed by atoms with E-state index in [9.17, 15) is 9.59 Å². The lowest BCUT2D eigenvalue weighted by Crippen LogP contribution is -2.42. The van der Waals surface area contributed by atoms with Crippen LogP contribution >= 0.6 is 0 Å². The van der Waals surface area contributed by atoms with E-state index in [2.05, 4.69) is 10.5 Å². The Kier molecular flexibility index (Phi) is 2.83. The van der Waals surface area contributed by atoms with Gasteiger partial charge < -0.3 is 0 Å². The zero-order chi connectivity index (χ0) is 14.3. The van der Waals surface area contributed by atoms with Crippen molar-refractivity contribution in [2.75, 3.05) is 17.1 Å². The number of nitrogens with one attached hydrogen (secondary N) is 2. The molecule has 0 amide bonds. The van der Waals surface area contributed by atoms with Crippen LogP contribution in [0.1, 0.15) is 5.56 Å². The molecule has 1 aliphatic heterocycles. The molecule has 3 rings (SSSR count). The zero-order valence-electron chi connectivity index (χ0n) is 11.3. The Bertz CT molecular complexity index is 750. The summed E-state index contributed by atoms with van der Waals surface area (Å²) in [7, 11) is 3.19. The summed E-state index contributed by atoms with van der Waals surface area (Å²) < 4.78 is 1.06. The Morgan fingerprint density at radius 2 is 1.80 bits per heavy atom. The van der Waals surface area contributed by atoms with Gasteiger partial charge in [0, 0.05) is 14.1 Å². The minimum absolute atomic E-state index is 0.325. The number of fused-ring (bicyclic) bond motifs is 1. The lowest BCUT2D eigenvalue weighted by Gasteiger charge is -2.19. The van der Waals surface area contributed by atoms with Crippen molar-refractivity contribution < 1.29 is 0 Å². The van der Waals surface area contributed by atoms with Gasteiger partial charge in [0.15, 0.2) is 11.5 Å². The molecule has 2 heterocycles. The van der Waals surface area contributed by atoms with Crippen LogP contribution in [-0.4, -0.2) is 16.6 Å². The molecule has 7 nitrogen and oxygen atoms in total. The van der Waals surface area contributed by atoms with Crippen LogP contribution in [-0.2, 0) is 13.6 Å². The van der Waals surface area contributed by atoms with Gasteiger partial charge in [-0.2, -0.15) is 0 Å². The van der Waals surface area contributed by atoms with E-state index in [1.165, 1.54) is 7.05 Å². The van der Waals surface area contributed by atoms with E-state index in [-0.39, 0.29) is 5.56 Å². The number of aromatic nitrogens is 2. The standard InChI is InChI=1S/C13H15N5O2/c1-16-12(19)10-11(14-13(16)20)18(15-17(10)2)8-9-6-4-3-5-7-9/h3-7,15H,8H2,1-2H3,(H,14,20). The maximum atomic E-state index is 12.1. The first-order chi connectivity index (χ1) is 9.58. The van der Waals surface area contributed by atoms with Crippen molar-refractivity contribution >= 4 is 11.5 Å². The molecule has 0 unspecified atom stereocenters. The summed E-state index contributed by atoms with van der Waals surface area (Å²) in [6, 6.07) is 9.81. The molecular weight excluding hydrogens is 258 g/mol. The molecule has 0 radical (unpaired) electrons. The Labute approximate surface area is 115 Å². The third kappa shape index (κ3) is 1.88. The monoisotopic (exact) mass is 273 g/mol. The van der Waals surface area contributed by atoms with Crippen LogP contribution in [0.25, 0.3) is 0 Å². The first kappa shape index (κ1) is 12.5. The molecule has 0 saturated heterocycles. The quantitative estimate of drug-likeness (QED) is 0.802. The van der Waals surface area contributed by atoms with E-state index < -0.39 is 5.69 Å². The summed E-state index contributed by atoms with van der Waals surface area (Å²) in [6.45, 7) is 0.543. The van der Waals surface area contributed by atoms with Crippen LogP contribution in [0.5, 0.6) is 0 Å². The maximum Gasteiger partial charge on any atom is 0.329 e. The van der Waals surface area contributed by atoms with Crippen molar-refractivity contribution in [2.45, 2.75) is 6.54 Å². The normalized spacial score (nSPS) is 13.7. The summed E-state index contributed by atoms with van der Waals surface area (Å²) in [6.07, 6.45) is 0. The number of nitrogens with zero attached hydrogens (tertiary/aromatic N) is 3. The number of hydrogen-bond donors (Lipinski definition) is 2. The van der Waals surface area contributed by atoms with Crippen molar-refractivity contribution in [1.82, 2.24) is 15.1 Å². The molecule has 2 aromatic rings. The highest BCUT2D eigenvalue weighted by Crippen LogP contribution is 2.26. The lowest BCUT2D eigenvalue weighted by atomic mass is 10.2. The van der Waals surface area contributed by atoms with Gasteiger partial charge in [0.05, 0.1) is 6.54 Å². The second-order valence-corrected chi connectivity index (χ2v) is 4.72. The number of rotatable bonds is 2. The Morgan fingerprint density at radius 3 is 2.50 bits per heavy atom. The zero-order valence-corrected chi connectivity index (χ0v) is 11.3. The molecule has 20 heavy (non-hydrogen) atoms. The fourth-order valence-electron chi connectivity index (χ4n) is 2.26. The Balaban J connectivity index is 2.04. The fraction of sp³-hybridized carbons (Fsp3) is 0.231. The van der Waals surface area contributed by atoms with Gasteiger partial charge in [-0.25, -0.2) is 4.79 Å². The molecule has 0 atom stereocenters. The summed E-state index contributed by atoms with van der Waals surface area (Å²) in [5, 5.41) is 3.35. The molecule has 1 aromatic heterocycles. The van der Waals surface area contributed by atoms with E-state index >= 15 is 0 Å². The molecule has 104 valence electrons. The van der Waals surface area contributed by atoms with Crippen molar-refractivity contribution in [1.29, 1.82) is 0 Å². The van der Waals surface area contributed by atoms with Gasteiger partial charge in [0.2, 0.25) is 0 Å². The molecule has 7 heteroatoms. The van der Waals surface area contributed by atoms with Crippen molar-refractivity contribution in [3.63, 3.8) is 0 Å². The number of hydrazine groups is 2. The second-order valence-electron chi connectivity index (χ2n) is 4.72. The molecule has 1 aromatic carbocycles. The van der Waals surface area contributed by atoms with Crippen LogP contribution < -0.4 is 26.8 Å². The number of benzene rings is 1. The minimum Gasteiger partial charge on any atom is -0.290 e. The number of anilines is 2. The predicted octanol–water partition coefficient (Wildman–Crippen LogP) is -0.0504. The van der Waals surface area contributed by atoms with Crippen molar-refractivity contribution in [2.24, 2.45) is 7.05 Å². The predicted molar refractivity (Wildman–Crippen MR) is 76.5 cm³/mol. The van der Waals surface area contributed by atoms with Gasteiger partial charge in [-0.3, -0.25) is 24.4 Å². The first-order valence-electron chi connectivity index (χ1n) is 6.22. The van der Waals surface area contributed by atoms with Crippen LogP contribution in [0.2, 0.25) is 0 Å². The van der Waals surface area contributed by atoms with Gasteiger partial charge in [-0.1, -0.05) is 30.3 Å². The van der Waals surface area contributed by atoms with E-state index in [0.29, 0.717) is 18.1 Å². The topological polar surface area (TPSA) is 73.4 Å². The summed E-state index contributed by atoms with van der Waals surface area (Å²) >= 11 is 0. The molecule has 0 spiro atoms. The summed E-state index contributed by atoms with van der Waals surface area (Å²) in [5.41, 5.74) is 3.80. The summed E-state index contributed by atoms with van der Waals surface area (Å²) in [4.78, 5) is 26.6. The molecule has 0 saturated carbocycles. The van der Waals surface area contributed by atoms with Crippen LogP contribution in [0, 0.1) is 0 Å². The van der Waals surface area contributed by atoms with Gasteiger partial charge in [-0.05, 0) is 5.56 Å². The average molecular weight is 273 g/mol. The number of H-pyrrole nitrogens is 1. The highest BCUT2D eigenvalue weighted by molar-refractivity contribution is 5.68. The molecular formula is C13H15N5O2. The molecule has 0 aliphatic carbocycles. The van der Waals surface area contributed by atoms with E-state index in [1.807, 2.05) is 30.3 Å². The van der Waals surface area contributed by atoms with Gasteiger partial charge in [0.25, 0.3) is 5.56 Å². The van der Waals surface area contributed by atoms with Gasteiger partial charge >= 0.3 is 5.69 Å². The van der Waals surface area contributed by atoms with Crippen molar-refractivity contribution in [3.8, 4) is 0 Å². The Hall–Kier alpha value is -2.54. The van der Waals surface area contributed by atoms with Crippen LogP contribution in [0.4, 0.5) is 11.5 Å². The van der Waals surface area contributed by atoms with Gasteiger partial charge in [0.1, 0.15) is 0 Å². The van der Waals surface area contributed by atoms with Crippen molar-refractivity contribution in [3.05, 3.63) is 56.7 Å². The highest BCUT2D eigenvalue weighted by Gasteiger charge is 2.28. The molecule has 0 bridgehead atoms. The SMILES string of the molecule is CN1NN(Cc2ccccc2)c2[nH]c(=O)n(C)c(=O)c21. The minimum atomic E-state index is -0.427. The third-order valence-corrected chi connectivity index (χ3v) is 3.32.